The maximum absolute atomic E-state index is 12.7. The highest BCUT2D eigenvalue weighted by atomic mass is 32.2. The Kier molecular flexibility index (Phi) is 4.65. The zero-order valence-electron chi connectivity index (χ0n) is 13.8. The van der Waals surface area contributed by atoms with Crippen molar-refractivity contribution in [3.63, 3.8) is 0 Å². The van der Waals surface area contributed by atoms with E-state index in [0.29, 0.717) is 17.1 Å². The third kappa shape index (κ3) is 3.45. The number of methoxy groups -OCH3 is 1. The van der Waals surface area contributed by atoms with Crippen LogP contribution < -0.4 is 9.47 Å². The molecule has 2 aromatic carbocycles. The van der Waals surface area contributed by atoms with Crippen molar-refractivity contribution in [3.8, 4) is 11.5 Å². The van der Waals surface area contributed by atoms with E-state index in [4.69, 9.17) is 9.47 Å². The summed E-state index contributed by atoms with van der Waals surface area (Å²) in [6, 6.07) is 10.9. The van der Waals surface area contributed by atoms with Gasteiger partial charge in [0.05, 0.1) is 17.6 Å². The fourth-order valence-electron chi connectivity index (χ4n) is 2.44. The van der Waals surface area contributed by atoms with Crippen LogP contribution in [0.5, 0.6) is 11.5 Å². The highest BCUT2D eigenvalue weighted by molar-refractivity contribution is 7.89. The Balaban J connectivity index is 1.78. The SMILES string of the molecule is COC(=O)c1ccc(S(=O)(=O)N(C)Cc2ccc3c(c2)OCO3)cc1. The first-order valence-electron chi connectivity index (χ1n) is 7.45. The van der Waals surface area contributed by atoms with Crippen LogP contribution in [0.4, 0.5) is 0 Å². The van der Waals surface area contributed by atoms with Crippen molar-refractivity contribution >= 4 is 16.0 Å². The van der Waals surface area contributed by atoms with Gasteiger partial charge in [-0.15, -0.1) is 0 Å². The average molecular weight is 363 g/mol. The van der Waals surface area contributed by atoms with Crippen LogP contribution in [0.15, 0.2) is 47.4 Å². The van der Waals surface area contributed by atoms with Gasteiger partial charge in [-0.05, 0) is 42.0 Å². The highest BCUT2D eigenvalue weighted by Gasteiger charge is 2.22. The molecule has 0 amide bonds. The molecule has 0 atom stereocenters. The van der Waals surface area contributed by atoms with Crippen molar-refractivity contribution in [1.29, 1.82) is 0 Å². The summed E-state index contributed by atoms with van der Waals surface area (Å²) in [4.78, 5) is 11.5. The molecule has 0 saturated heterocycles. The zero-order chi connectivity index (χ0) is 18.0. The zero-order valence-corrected chi connectivity index (χ0v) is 14.6. The van der Waals surface area contributed by atoms with Crippen molar-refractivity contribution in [1.82, 2.24) is 4.31 Å². The molecule has 0 saturated carbocycles. The van der Waals surface area contributed by atoms with Gasteiger partial charge in [-0.2, -0.15) is 4.31 Å². The fourth-order valence-corrected chi connectivity index (χ4v) is 3.60. The van der Waals surface area contributed by atoms with Crippen molar-refractivity contribution in [2.24, 2.45) is 0 Å². The van der Waals surface area contributed by atoms with Gasteiger partial charge >= 0.3 is 5.97 Å². The molecule has 2 aromatic rings. The molecule has 132 valence electrons. The van der Waals surface area contributed by atoms with Crippen LogP contribution in [0.3, 0.4) is 0 Å². The molecule has 0 unspecified atom stereocenters. The molecule has 25 heavy (non-hydrogen) atoms. The number of hydrogen-bond acceptors (Lipinski definition) is 6. The van der Waals surface area contributed by atoms with Gasteiger partial charge in [-0.3, -0.25) is 0 Å². The van der Waals surface area contributed by atoms with Gasteiger partial charge in [-0.25, -0.2) is 13.2 Å². The van der Waals surface area contributed by atoms with Gasteiger partial charge in [0.25, 0.3) is 0 Å². The molecule has 7 nitrogen and oxygen atoms in total. The molecule has 1 heterocycles. The first-order chi connectivity index (χ1) is 11.9. The van der Waals surface area contributed by atoms with Gasteiger partial charge in [0, 0.05) is 13.6 Å². The number of fused-ring (bicyclic) bond motifs is 1. The molecule has 1 aliphatic heterocycles. The summed E-state index contributed by atoms with van der Waals surface area (Å²) in [6.45, 7) is 0.344. The van der Waals surface area contributed by atoms with E-state index < -0.39 is 16.0 Å². The molecular weight excluding hydrogens is 346 g/mol. The van der Waals surface area contributed by atoms with E-state index in [1.807, 2.05) is 0 Å². The van der Waals surface area contributed by atoms with E-state index in [9.17, 15) is 13.2 Å². The molecule has 8 heteroatoms. The Morgan fingerprint density at radius 1 is 1.12 bits per heavy atom. The second kappa shape index (κ2) is 6.73. The topological polar surface area (TPSA) is 82.1 Å². The lowest BCUT2D eigenvalue weighted by Gasteiger charge is -2.17. The van der Waals surface area contributed by atoms with Gasteiger partial charge in [0.2, 0.25) is 16.8 Å². The summed E-state index contributed by atoms with van der Waals surface area (Å²) in [5.74, 6) is 0.732. The summed E-state index contributed by atoms with van der Waals surface area (Å²) >= 11 is 0. The van der Waals surface area contributed by atoms with E-state index >= 15 is 0 Å². The first-order valence-corrected chi connectivity index (χ1v) is 8.89. The number of ether oxygens (including phenoxy) is 3. The molecule has 0 aromatic heterocycles. The Hall–Kier alpha value is -2.58. The van der Waals surface area contributed by atoms with E-state index in [-0.39, 0.29) is 18.2 Å². The minimum Gasteiger partial charge on any atom is -0.465 e. The van der Waals surface area contributed by atoms with Crippen LogP contribution in [0, 0.1) is 0 Å². The molecule has 0 spiro atoms. The van der Waals surface area contributed by atoms with Crippen molar-refractivity contribution < 1.29 is 27.4 Å². The summed E-state index contributed by atoms with van der Waals surface area (Å²) in [7, 11) is -0.927. The Morgan fingerprint density at radius 3 is 2.48 bits per heavy atom. The van der Waals surface area contributed by atoms with Gasteiger partial charge < -0.3 is 14.2 Å². The highest BCUT2D eigenvalue weighted by Crippen LogP contribution is 2.33. The maximum Gasteiger partial charge on any atom is 0.337 e. The Morgan fingerprint density at radius 2 is 1.80 bits per heavy atom. The molecule has 3 rings (SSSR count). The van der Waals surface area contributed by atoms with Gasteiger partial charge in [-0.1, -0.05) is 6.07 Å². The predicted molar refractivity (Wildman–Crippen MR) is 89.0 cm³/mol. The lowest BCUT2D eigenvalue weighted by atomic mass is 10.2. The second-order valence-electron chi connectivity index (χ2n) is 5.46. The van der Waals surface area contributed by atoms with E-state index in [1.54, 1.807) is 18.2 Å². The molecule has 0 fully saturated rings. The minimum absolute atomic E-state index is 0.100. The van der Waals surface area contributed by atoms with Crippen LogP contribution >= 0.6 is 0 Å². The van der Waals surface area contributed by atoms with Gasteiger partial charge in [0.1, 0.15) is 0 Å². The van der Waals surface area contributed by atoms with Crippen LogP contribution in [0.2, 0.25) is 0 Å². The van der Waals surface area contributed by atoms with Crippen LogP contribution in [-0.2, 0) is 21.3 Å². The standard InChI is InChI=1S/C17H17NO6S/c1-18(10-12-3-8-15-16(9-12)24-11-23-15)25(20,21)14-6-4-13(5-7-14)17(19)22-2/h3-9H,10-11H2,1-2H3. The lowest BCUT2D eigenvalue weighted by Crippen LogP contribution is -2.26. The third-order valence-electron chi connectivity index (χ3n) is 3.83. The molecule has 0 bridgehead atoms. The summed E-state index contributed by atoms with van der Waals surface area (Å²) in [6.07, 6.45) is 0. The van der Waals surface area contributed by atoms with Crippen molar-refractivity contribution in [2.75, 3.05) is 21.0 Å². The van der Waals surface area contributed by atoms with Crippen LogP contribution in [0.1, 0.15) is 15.9 Å². The smallest absolute Gasteiger partial charge is 0.337 e. The molecule has 0 aliphatic carbocycles. The Labute approximate surface area is 145 Å². The molecular formula is C17H17NO6S. The minimum atomic E-state index is -3.69. The van der Waals surface area contributed by atoms with Crippen LogP contribution in [0.25, 0.3) is 0 Å². The number of benzene rings is 2. The summed E-state index contributed by atoms with van der Waals surface area (Å²) in [5.41, 5.74) is 1.07. The van der Waals surface area contributed by atoms with E-state index in [0.717, 1.165) is 5.56 Å². The average Bonchev–Trinajstić information content (AvgIpc) is 3.08. The number of esters is 1. The number of rotatable bonds is 5. The van der Waals surface area contributed by atoms with Crippen molar-refractivity contribution in [3.05, 3.63) is 53.6 Å². The van der Waals surface area contributed by atoms with E-state index in [2.05, 4.69) is 4.74 Å². The number of hydrogen-bond donors (Lipinski definition) is 0. The molecule has 1 aliphatic rings. The summed E-state index contributed by atoms with van der Waals surface area (Å²) in [5, 5.41) is 0. The Bertz CT molecular complexity index is 892. The predicted octanol–water partition coefficient (Wildman–Crippen LogP) is 2.02. The number of carbonyl (C=O) groups excluding carboxylic acids is 1. The third-order valence-corrected chi connectivity index (χ3v) is 5.64. The van der Waals surface area contributed by atoms with Gasteiger partial charge in [0.15, 0.2) is 11.5 Å². The van der Waals surface area contributed by atoms with Crippen molar-refractivity contribution in [2.45, 2.75) is 11.4 Å². The maximum atomic E-state index is 12.7. The quantitative estimate of drug-likeness (QED) is 0.756. The molecule has 0 radical (unpaired) electrons. The number of carbonyl (C=O) groups is 1. The fraction of sp³-hybridized carbons (Fsp3) is 0.235. The normalized spacial score (nSPS) is 13.1. The lowest BCUT2D eigenvalue weighted by molar-refractivity contribution is 0.0600. The molecule has 0 N–H and O–H groups in total. The van der Waals surface area contributed by atoms with Crippen LogP contribution in [-0.4, -0.2) is 39.6 Å². The number of nitrogens with zero attached hydrogens (tertiary/aromatic N) is 1. The first kappa shape index (κ1) is 17.2. The second-order valence-corrected chi connectivity index (χ2v) is 7.51. The summed E-state index contributed by atoms with van der Waals surface area (Å²) < 4.78 is 41.7. The largest absolute Gasteiger partial charge is 0.465 e. The van der Waals surface area contributed by atoms with E-state index in [1.165, 1.54) is 42.7 Å². The monoisotopic (exact) mass is 363 g/mol. The number of sulfonamides is 1.